The van der Waals surface area contributed by atoms with Crippen LogP contribution in [0.2, 0.25) is 5.15 Å². The third-order valence-corrected chi connectivity index (χ3v) is 3.30. The highest BCUT2D eigenvalue weighted by molar-refractivity contribution is 6.29. The lowest BCUT2D eigenvalue weighted by molar-refractivity contribution is -0.124. The largest absolute Gasteiger partial charge is 0.478 e. The zero-order chi connectivity index (χ0) is 15.4. The Kier molecular flexibility index (Phi) is 4.98. The summed E-state index contributed by atoms with van der Waals surface area (Å²) in [6, 6.07) is 2.13. The van der Waals surface area contributed by atoms with E-state index >= 15 is 0 Å². The maximum absolute atomic E-state index is 12.1. The molecule has 1 saturated heterocycles. The van der Waals surface area contributed by atoms with E-state index in [9.17, 15) is 9.59 Å². The van der Waals surface area contributed by atoms with Crippen LogP contribution in [0.5, 0.6) is 0 Å². The van der Waals surface area contributed by atoms with Crippen molar-refractivity contribution in [2.24, 2.45) is 0 Å². The zero-order valence-corrected chi connectivity index (χ0v) is 12.3. The number of hydrogen-bond donors (Lipinski definition) is 2. The number of nitrogens with zero attached hydrogens (tertiary/aromatic N) is 2. The Labute approximate surface area is 126 Å². The lowest BCUT2D eigenvalue weighted by Crippen LogP contribution is -2.54. The van der Waals surface area contributed by atoms with Gasteiger partial charge in [-0.3, -0.25) is 4.79 Å². The smallest absolute Gasteiger partial charge is 0.335 e. The Morgan fingerprint density at radius 2 is 2.33 bits per heavy atom. The van der Waals surface area contributed by atoms with Gasteiger partial charge in [0, 0.05) is 13.1 Å². The van der Waals surface area contributed by atoms with E-state index in [-0.39, 0.29) is 23.2 Å². The fourth-order valence-electron chi connectivity index (χ4n) is 2.14. The van der Waals surface area contributed by atoms with Crippen molar-refractivity contribution in [3.8, 4) is 0 Å². The standard InChI is InChI=1S/C13H16ClN3O4/c1-2-15-12(18)9-7-21-4-3-17(9)11-6-8(13(19)20)5-10(14)16-11/h5-6,9H,2-4,7H2,1H3,(H,15,18)(H,19,20). The highest BCUT2D eigenvalue weighted by atomic mass is 35.5. The summed E-state index contributed by atoms with van der Waals surface area (Å²) in [6.45, 7) is 3.43. The van der Waals surface area contributed by atoms with E-state index in [1.165, 1.54) is 12.1 Å². The lowest BCUT2D eigenvalue weighted by atomic mass is 10.2. The summed E-state index contributed by atoms with van der Waals surface area (Å²) in [5.41, 5.74) is 0.0335. The number of anilines is 1. The molecule has 114 valence electrons. The van der Waals surface area contributed by atoms with Gasteiger partial charge in [0.05, 0.1) is 18.8 Å². The van der Waals surface area contributed by atoms with Crippen molar-refractivity contribution in [1.82, 2.24) is 10.3 Å². The summed E-state index contributed by atoms with van der Waals surface area (Å²) in [5.74, 6) is -0.918. The fourth-order valence-corrected chi connectivity index (χ4v) is 2.34. The van der Waals surface area contributed by atoms with Gasteiger partial charge in [0.25, 0.3) is 0 Å². The number of aromatic nitrogens is 1. The number of carbonyl (C=O) groups is 2. The minimum atomic E-state index is -1.09. The number of carboxylic acids is 1. The van der Waals surface area contributed by atoms with Crippen LogP contribution in [0, 0.1) is 0 Å². The molecule has 2 rings (SSSR count). The number of nitrogens with one attached hydrogen (secondary N) is 1. The van der Waals surface area contributed by atoms with Gasteiger partial charge >= 0.3 is 5.97 Å². The van der Waals surface area contributed by atoms with Crippen LogP contribution in [0.25, 0.3) is 0 Å². The van der Waals surface area contributed by atoms with Crippen LogP contribution in [0.3, 0.4) is 0 Å². The Hall–Kier alpha value is -1.86. The van der Waals surface area contributed by atoms with E-state index < -0.39 is 12.0 Å². The van der Waals surface area contributed by atoms with Crippen molar-refractivity contribution in [3.63, 3.8) is 0 Å². The molecule has 8 heteroatoms. The van der Waals surface area contributed by atoms with Gasteiger partial charge in [0.1, 0.15) is 17.0 Å². The van der Waals surface area contributed by atoms with Crippen LogP contribution in [-0.4, -0.2) is 54.3 Å². The van der Waals surface area contributed by atoms with E-state index in [4.69, 9.17) is 21.4 Å². The summed E-state index contributed by atoms with van der Waals surface area (Å²) >= 11 is 5.87. The van der Waals surface area contributed by atoms with Gasteiger partial charge in [-0.05, 0) is 19.1 Å². The highest BCUT2D eigenvalue weighted by Crippen LogP contribution is 2.22. The second-order valence-corrected chi connectivity index (χ2v) is 4.91. The molecule has 1 aliphatic rings. The van der Waals surface area contributed by atoms with Gasteiger partial charge in [0.15, 0.2) is 0 Å². The molecular weight excluding hydrogens is 298 g/mol. The number of hydrogen-bond acceptors (Lipinski definition) is 5. The maximum atomic E-state index is 12.1. The van der Waals surface area contributed by atoms with Crippen LogP contribution >= 0.6 is 11.6 Å². The Balaban J connectivity index is 2.32. The van der Waals surface area contributed by atoms with Gasteiger partial charge in [-0.25, -0.2) is 9.78 Å². The van der Waals surface area contributed by atoms with Crippen molar-refractivity contribution in [1.29, 1.82) is 0 Å². The van der Waals surface area contributed by atoms with Crippen molar-refractivity contribution in [3.05, 3.63) is 22.8 Å². The predicted octanol–water partition coefficient (Wildman–Crippen LogP) is 0.774. The third kappa shape index (κ3) is 3.62. The molecule has 2 N–H and O–H groups in total. The number of ether oxygens (including phenoxy) is 1. The Bertz CT molecular complexity index is 552. The van der Waals surface area contributed by atoms with Crippen LogP contribution in [0.4, 0.5) is 5.82 Å². The first-order chi connectivity index (χ1) is 10.0. The third-order valence-electron chi connectivity index (χ3n) is 3.10. The molecule has 0 aromatic carbocycles. The number of morpholine rings is 1. The molecule has 2 heterocycles. The number of rotatable bonds is 4. The molecule has 0 radical (unpaired) electrons. The average molecular weight is 314 g/mol. The molecule has 0 saturated carbocycles. The molecule has 0 aliphatic carbocycles. The van der Waals surface area contributed by atoms with Gasteiger partial charge < -0.3 is 20.1 Å². The van der Waals surface area contributed by atoms with E-state index in [0.717, 1.165) is 0 Å². The van der Waals surface area contributed by atoms with Gasteiger partial charge in [-0.1, -0.05) is 11.6 Å². The average Bonchev–Trinajstić information content (AvgIpc) is 2.46. The quantitative estimate of drug-likeness (QED) is 0.798. The summed E-state index contributed by atoms with van der Waals surface area (Å²) in [6.07, 6.45) is 0. The van der Waals surface area contributed by atoms with E-state index in [2.05, 4.69) is 10.3 Å². The SMILES string of the molecule is CCNC(=O)C1COCCN1c1cc(C(=O)O)cc(Cl)n1. The Morgan fingerprint density at radius 1 is 1.57 bits per heavy atom. The second-order valence-electron chi connectivity index (χ2n) is 4.52. The normalized spacial score (nSPS) is 18.4. The maximum Gasteiger partial charge on any atom is 0.335 e. The van der Waals surface area contributed by atoms with E-state index in [1.54, 1.807) is 4.90 Å². The first kappa shape index (κ1) is 15.5. The number of carboxylic acid groups (broad SMARTS) is 1. The Morgan fingerprint density at radius 3 is 3.00 bits per heavy atom. The van der Waals surface area contributed by atoms with Crippen molar-refractivity contribution in [2.75, 3.05) is 31.2 Å². The van der Waals surface area contributed by atoms with Crippen LogP contribution < -0.4 is 10.2 Å². The van der Waals surface area contributed by atoms with E-state index in [0.29, 0.717) is 25.5 Å². The summed E-state index contributed by atoms with van der Waals surface area (Å²) in [5, 5.41) is 11.9. The minimum absolute atomic E-state index is 0.0335. The molecule has 0 bridgehead atoms. The predicted molar refractivity (Wildman–Crippen MR) is 76.8 cm³/mol. The molecule has 1 aliphatic heterocycles. The van der Waals surface area contributed by atoms with Crippen LogP contribution in [-0.2, 0) is 9.53 Å². The number of likely N-dealkylation sites (N-methyl/N-ethyl adjacent to an activating group) is 1. The lowest BCUT2D eigenvalue weighted by Gasteiger charge is -2.35. The second kappa shape index (κ2) is 6.73. The topological polar surface area (TPSA) is 91.8 Å². The summed E-state index contributed by atoms with van der Waals surface area (Å²) in [7, 11) is 0. The number of pyridine rings is 1. The summed E-state index contributed by atoms with van der Waals surface area (Å²) < 4.78 is 5.33. The van der Waals surface area contributed by atoms with Crippen molar-refractivity contribution < 1.29 is 19.4 Å². The number of amides is 1. The summed E-state index contributed by atoms with van der Waals surface area (Å²) in [4.78, 5) is 29.0. The molecule has 1 unspecified atom stereocenters. The highest BCUT2D eigenvalue weighted by Gasteiger charge is 2.30. The molecule has 7 nitrogen and oxygen atoms in total. The molecule has 1 aromatic rings. The van der Waals surface area contributed by atoms with E-state index in [1.807, 2.05) is 6.92 Å². The zero-order valence-electron chi connectivity index (χ0n) is 11.5. The van der Waals surface area contributed by atoms with Crippen LogP contribution in [0.1, 0.15) is 17.3 Å². The molecule has 1 aromatic heterocycles. The monoisotopic (exact) mass is 313 g/mol. The number of aromatic carboxylic acids is 1. The molecule has 21 heavy (non-hydrogen) atoms. The first-order valence-corrected chi connectivity index (χ1v) is 6.93. The first-order valence-electron chi connectivity index (χ1n) is 6.56. The van der Waals surface area contributed by atoms with Crippen LogP contribution in [0.15, 0.2) is 12.1 Å². The fraction of sp³-hybridized carbons (Fsp3) is 0.462. The van der Waals surface area contributed by atoms with Gasteiger partial charge in [-0.2, -0.15) is 0 Å². The molecule has 1 fully saturated rings. The minimum Gasteiger partial charge on any atom is -0.478 e. The molecular formula is C13H16ClN3O4. The number of halogens is 1. The molecule has 1 atom stereocenters. The van der Waals surface area contributed by atoms with Crippen molar-refractivity contribution >= 4 is 29.3 Å². The molecule has 0 spiro atoms. The van der Waals surface area contributed by atoms with Gasteiger partial charge in [-0.15, -0.1) is 0 Å². The number of carbonyl (C=O) groups excluding carboxylic acids is 1. The molecule has 1 amide bonds. The van der Waals surface area contributed by atoms with Gasteiger partial charge in [0.2, 0.25) is 5.91 Å². The van der Waals surface area contributed by atoms with Crippen molar-refractivity contribution in [2.45, 2.75) is 13.0 Å².